The van der Waals surface area contributed by atoms with Crippen LogP contribution in [0.2, 0.25) is 0 Å². The minimum atomic E-state index is -0.440. The maximum atomic E-state index is 12.0. The van der Waals surface area contributed by atoms with E-state index in [1.54, 1.807) is 29.6 Å². The Morgan fingerprint density at radius 3 is 2.79 bits per heavy atom. The van der Waals surface area contributed by atoms with Gasteiger partial charge in [-0.05, 0) is 18.6 Å². The fourth-order valence-corrected chi connectivity index (χ4v) is 2.39. The molecule has 1 aromatic carbocycles. The van der Waals surface area contributed by atoms with Crippen LogP contribution in [0.3, 0.4) is 0 Å². The molecule has 96 valence electrons. The summed E-state index contributed by atoms with van der Waals surface area (Å²) in [6.07, 6.45) is 5.22. The van der Waals surface area contributed by atoms with Gasteiger partial charge >= 0.3 is 0 Å². The predicted octanol–water partition coefficient (Wildman–Crippen LogP) is 1.42. The number of imidazole rings is 1. The number of aromatic nitrogens is 2. The fraction of sp³-hybridized carbons (Fsp3) is 0.214. The van der Waals surface area contributed by atoms with Crippen LogP contribution in [0, 0.1) is 6.92 Å². The summed E-state index contributed by atoms with van der Waals surface area (Å²) in [5.41, 5.74) is 2.20. The largest absolute Gasteiger partial charge is 0.336 e. The quantitative estimate of drug-likeness (QED) is 0.779. The summed E-state index contributed by atoms with van der Waals surface area (Å²) < 4.78 is 1.88. The molecule has 0 fully saturated rings. The highest BCUT2D eigenvalue weighted by atomic mass is 16.2. The minimum Gasteiger partial charge on any atom is -0.336 e. The zero-order valence-corrected chi connectivity index (χ0v) is 10.5. The van der Waals surface area contributed by atoms with Crippen molar-refractivity contribution in [3.8, 4) is 0 Å². The summed E-state index contributed by atoms with van der Waals surface area (Å²) >= 11 is 0. The number of carbonyl (C=O) groups excluding carboxylic acids is 2. The van der Waals surface area contributed by atoms with Crippen LogP contribution in [0.15, 0.2) is 36.9 Å². The first-order valence-electron chi connectivity index (χ1n) is 6.10. The van der Waals surface area contributed by atoms with Crippen molar-refractivity contribution in [3.63, 3.8) is 0 Å². The lowest BCUT2D eigenvalue weighted by Gasteiger charge is -2.18. The first kappa shape index (κ1) is 11.6. The number of fused-ring (bicyclic) bond motifs is 1. The van der Waals surface area contributed by atoms with Gasteiger partial charge in [0, 0.05) is 25.5 Å². The fourth-order valence-electron chi connectivity index (χ4n) is 2.39. The molecule has 3 rings (SSSR count). The second-order valence-electron chi connectivity index (χ2n) is 4.56. The molecule has 2 aromatic rings. The van der Waals surface area contributed by atoms with E-state index in [2.05, 4.69) is 4.98 Å². The van der Waals surface area contributed by atoms with E-state index in [0.717, 1.165) is 11.3 Å². The maximum absolute atomic E-state index is 12.0. The van der Waals surface area contributed by atoms with Crippen LogP contribution in [0.4, 0.5) is 5.69 Å². The smallest absolute Gasteiger partial charge is 0.299 e. The molecule has 5 nitrogen and oxygen atoms in total. The zero-order valence-electron chi connectivity index (χ0n) is 10.5. The average Bonchev–Trinajstić information content (AvgIpc) is 2.99. The van der Waals surface area contributed by atoms with Crippen molar-refractivity contribution in [2.75, 3.05) is 11.4 Å². The highest BCUT2D eigenvalue weighted by Gasteiger charge is 2.36. The number of benzene rings is 1. The molecule has 0 spiro atoms. The maximum Gasteiger partial charge on any atom is 0.299 e. The van der Waals surface area contributed by atoms with Gasteiger partial charge in [-0.25, -0.2) is 4.98 Å². The number of ketones is 1. The van der Waals surface area contributed by atoms with Gasteiger partial charge in [-0.15, -0.1) is 0 Å². The monoisotopic (exact) mass is 255 g/mol. The van der Waals surface area contributed by atoms with Crippen molar-refractivity contribution in [1.82, 2.24) is 9.55 Å². The Hall–Kier alpha value is -2.43. The lowest BCUT2D eigenvalue weighted by molar-refractivity contribution is -0.114. The van der Waals surface area contributed by atoms with Crippen LogP contribution in [-0.4, -0.2) is 27.8 Å². The topological polar surface area (TPSA) is 55.2 Å². The van der Waals surface area contributed by atoms with E-state index in [1.165, 1.54) is 0 Å². The Kier molecular flexibility index (Phi) is 2.67. The molecule has 1 aliphatic rings. The number of anilines is 1. The number of para-hydroxylation sites is 1. The minimum absolute atomic E-state index is 0.413. The van der Waals surface area contributed by atoms with Crippen molar-refractivity contribution < 1.29 is 9.59 Å². The SMILES string of the molecule is Cc1cccc2c1N(CCn1ccnc1)C(=O)C2=O. The van der Waals surface area contributed by atoms with Gasteiger partial charge in [-0.1, -0.05) is 12.1 Å². The van der Waals surface area contributed by atoms with E-state index in [-0.39, 0.29) is 0 Å². The molecule has 0 N–H and O–H groups in total. The molecule has 0 bridgehead atoms. The van der Waals surface area contributed by atoms with E-state index < -0.39 is 11.7 Å². The number of amides is 1. The van der Waals surface area contributed by atoms with Crippen LogP contribution in [0.5, 0.6) is 0 Å². The molecule has 1 aliphatic heterocycles. The van der Waals surface area contributed by atoms with Gasteiger partial charge in [0.1, 0.15) is 0 Å². The van der Waals surface area contributed by atoms with E-state index in [0.29, 0.717) is 18.7 Å². The van der Waals surface area contributed by atoms with Gasteiger partial charge in [-0.2, -0.15) is 0 Å². The number of hydrogen-bond donors (Lipinski definition) is 0. The number of carbonyl (C=O) groups is 2. The standard InChI is InChI=1S/C14H13N3O2/c1-10-3-2-4-11-12(10)17(14(19)13(11)18)8-7-16-6-5-15-9-16/h2-6,9H,7-8H2,1H3. The van der Waals surface area contributed by atoms with Crippen molar-refractivity contribution in [1.29, 1.82) is 0 Å². The third-order valence-corrected chi connectivity index (χ3v) is 3.33. The molecule has 5 heteroatoms. The lowest BCUT2D eigenvalue weighted by atomic mass is 10.1. The molecule has 1 amide bonds. The Labute approximate surface area is 110 Å². The summed E-state index contributed by atoms with van der Waals surface area (Å²) in [5.74, 6) is -0.853. The third-order valence-electron chi connectivity index (χ3n) is 3.33. The first-order chi connectivity index (χ1) is 9.18. The number of nitrogens with zero attached hydrogens (tertiary/aromatic N) is 3. The molecule has 2 heterocycles. The molecule has 0 saturated carbocycles. The average molecular weight is 255 g/mol. The van der Waals surface area contributed by atoms with Gasteiger partial charge in [0.05, 0.1) is 17.6 Å². The molecule has 0 aliphatic carbocycles. The van der Waals surface area contributed by atoms with Crippen molar-refractivity contribution in [2.45, 2.75) is 13.5 Å². The van der Waals surface area contributed by atoms with Gasteiger partial charge in [0.2, 0.25) is 0 Å². The second kappa shape index (κ2) is 4.35. The molecule has 19 heavy (non-hydrogen) atoms. The van der Waals surface area contributed by atoms with Crippen molar-refractivity contribution in [3.05, 3.63) is 48.0 Å². The van der Waals surface area contributed by atoms with Crippen LogP contribution in [0.1, 0.15) is 15.9 Å². The zero-order chi connectivity index (χ0) is 13.4. The Bertz CT molecular complexity index is 647. The van der Waals surface area contributed by atoms with Gasteiger partial charge < -0.3 is 9.47 Å². The molecule has 1 aromatic heterocycles. The van der Waals surface area contributed by atoms with Crippen LogP contribution < -0.4 is 4.90 Å². The van der Waals surface area contributed by atoms with Crippen molar-refractivity contribution >= 4 is 17.4 Å². The molecule has 0 saturated heterocycles. The van der Waals surface area contributed by atoms with E-state index in [1.807, 2.05) is 23.8 Å². The van der Waals surface area contributed by atoms with Crippen LogP contribution in [0.25, 0.3) is 0 Å². The summed E-state index contributed by atoms with van der Waals surface area (Å²) in [6, 6.07) is 5.42. The number of hydrogen-bond acceptors (Lipinski definition) is 3. The summed E-state index contributed by atoms with van der Waals surface area (Å²) in [6.45, 7) is 3.00. The summed E-state index contributed by atoms with van der Waals surface area (Å²) in [7, 11) is 0. The van der Waals surface area contributed by atoms with Crippen LogP contribution >= 0.6 is 0 Å². The highest BCUT2D eigenvalue weighted by molar-refractivity contribution is 6.52. The second-order valence-corrected chi connectivity index (χ2v) is 4.56. The first-order valence-corrected chi connectivity index (χ1v) is 6.10. The Morgan fingerprint density at radius 2 is 2.05 bits per heavy atom. The van der Waals surface area contributed by atoms with Gasteiger partial charge in [-0.3, -0.25) is 9.59 Å². The van der Waals surface area contributed by atoms with Gasteiger partial charge in [0.15, 0.2) is 0 Å². The molecule has 0 radical (unpaired) electrons. The number of Topliss-reactive ketones (excluding diaryl/α,β-unsaturated/α-hetero) is 1. The molecule has 0 unspecified atom stereocenters. The lowest BCUT2D eigenvalue weighted by Crippen LogP contribution is -2.32. The Balaban J connectivity index is 1.90. The highest BCUT2D eigenvalue weighted by Crippen LogP contribution is 2.31. The summed E-state index contributed by atoms with van der Waals surface area (Å²) in [4.78, 5) is 29.5. The predicted molar refractivity (Wildman–Crippen MR) is 70.1 cm³/mol. The number of rotatable bonds is 3. The molecular formula is C14H13N3O2. The molecule has 0 atom stereocenters. The third kappa shape index (κ3) is 1.83. The summed E-state index contributed by atoms with van der Waals surface area (Å²) in [5, 5.41) is 0. The normalized spacial score (nSPS) is 14.1. The molecular weight excluding hydrogens is 242 g/mol. The Morgan fingerprint density at radius 1 is 1.21 bits per heavy atom. The van der Waals surface area contributed by atoms with Crippen LogP contribution in [-0.2, 0) is 11.3 Å². The van der Waals surface area contributed by atoms with E-state index in [4.69, 9.17) is 0 Å². The van der Waals surface area contributed by atoms with E-state index in [9.17, 15) is 9.59 Å². The van der Waals surface area contributed by atoms with Gasteiger partial charge in [0.25, 0.3) is 11.7 Å². The van der Waals surface area contributed by atoms with Crippen molar-refractivity contribution in [2.24, 2.45) is 0 Å². The number of aryl methyl sites for hydroxylation is 1. The van der Waals surface area contributed by atoms with E-state index >= 15 is 0 Å².